The van der Waals surface area contributed by atoms with Gasteiger partial charge in [0.15, 0.2) is 0 Å². The molecule has 1 amide bonds. The van der Waals surface area contributed by atoms with Gasteiger partial charge in [0.2, 0.25) is 5.91 Å². The summed E-state index contributed by atoms with van der Waals surface area (Å²) in [6, 6.07) is 10.6. The van der Waals surface area contributed by atoms with E-state index in [0.717, 1.165) is 23.5 Å². The Bertz CT molecular complexity index is 906. The molecule has 1 aromatic carbocycles. The molecule has 1 aromatic heterocycles. The highest BCUT2D eigenvalue weighted by atomic mass is 32.1. The summed E-state index contributed by atoms with van der Waals surface area (Å²) in [4.78, 5) is 28.4. The summed E-state index contributed by atoms with van der Waals surface area (Å²) < 4.78 is 5.14. The average molecular weight is 458 g/mol. The lowest BCUT2D eigenvalue weighted by Gasteiger charge is -2.31. The molecular weight excluding hydrogens is 422 g/mol. The molecule has 0 saturated heterocycles. The molecule has 0 atom stereocenters. The second-order valence-corrected chi connectivity index (χ2v) is 9.43. The third-order valence-electron chi connectivity index (χ3n) is 5.95. The summed E-state index contributed by atoms with van der Waals surface area (Å²) in [5, 5.41) is 6.73. The Morgan fingerprint density at radius 1 is 1.16 bits per heavy atom. The maximum atomic E-state index is 12.7. The van der Waals surface area contributed by atoms with Crippen LogP contribution in [0.15, 0.2) is 30.3 Å². The maximum absolute atomic E-state index is 12.7. The van der Waals surface area contributed by atoms with Gasteiger partial charge >= 0.3 is 5.97 Å². The summed E-state index contributed by atoms with van der Waals surface area (Å²) in [6.45, 7) is 5.09. The number of carbonyl (C=O) groups is 2. The zero-order chi connectivity index (χ0) is 22.9. The van der Waals surface area contributed by atoms with Crippen LogP contribution in [0.2, 0.25) is 0 Å². The van der Waals surface area contributed by atoms with Crippen molar-refractivity contribution in [2.75, 3.05) is 30.8 Å². The quantitative estimate of drug-likeness (QED) is 0.474. The van der Waals surface area contributed by atoms with E-state index >= 15 is 0 Å². The molecule has 7 heteroatoms. The predicted molar refractivity (Wildman–Crippen MR) is 132 cm³/mol. The van der Waals surface area contributed by atoms with E-state index in [9.17, 15) is 9.59 Å². The first-order chi connectivity index (χ1) is 15.5. The highest BCUT2D eigenvalue weighted by molar-refractivity contribution is 7.16. The van der Waals surface area contributed by atoms with Crippen molar-refractivity contribution < 1.29 is 14.3 Å². The minimum absolute atomic E-state index is 0.131. The molecule has 0 radical (unpaired) electrons. The van der Waals surface area contributed by atoms with Crippen molar-refractivity contribution >= 4 is 33.9 Å². The van der Waals surface area contributed by atoms with Gasteiger partial charge in [0.25, 0.3) is 0 Å². The summed E-state index contributed by atoms with van der Waals surface area (Å²) >= 11 is 1.42. The van der Waals surface area contributed by atoms with Crippen LogP contribution in [-0.4, -0.2) is 43.0 Å². The molecule has 1 fully saturated rings. The highest BCUT2D eigenvalue weighted by Gasteiger charge is 2.20. The third kappa shape index (κ3) is 6.56. The SMILES string of the molecule is CCOC(=O)c1cc(CC)sc1NC(=O)CNc1ccccc1CN(C)C1CCCCC1. The van der Waals surface area contributed by atoms with E-state index in [1.165, 1.54) is 49.0 Å². The van der Waals surface area contributed by atoms with Gasteiger partial charge in [-0.2, -0.15) is 0 Å². The molecule has 0 bridgehead atoms. The number of nitrogens with one attached hydrogen (secondary N) is 2. The van der Waals surface area contributed by atoms with E-state index in [1.807, 2.05) is 31.2 Å². The van der Waals surface area contributed by atoms with Gasteiger partial charge in [-0.05, 0) is 50.9 Å². The molecule has 32 heavy (non-hydrogen) atoms. The van der Waals surface area contributed by atoms with Crippen molar-refractivity contribution in [1.82, 2.24) is 4.90 Å². The smallest absolute Gasteiger partial charge is 0.341 e. The number of nitrogens with zero attached hydrogens (tertiary/aromatic N) is 1. The predicted octanol–water partition coefficient (Wildman–Crippen LogP) is 5.30. The van der Waals surface area contributed by atoms with Crippen molar-refractivity contribution in [3.63, 3.8) is 0 Å². The lowest BCUT2D eigenvalue weighted by atomic mass is 9.94. The molecule has 1 saturated carbocycles. The molecule has 1 heterocycles. The van der Waals surface area contributed by atoms with Crippen molar-refractivity contribution in [1.29, 1.82) is 0 Å². The van der Waals surface area contributed by atoms with Crippen LogP contribution in [-0.2, 0) is 22.5 Å². The summed E-state index contributed by atoms with van der Waals surface area (Å²) in [5.41, 5.74) is 2.58. The Kier molecular flexibility index (Phi) is 9.11. The third-order valence-corrected chi connectivity index (χ3v) is 7.15. The van der Waals surface area contributed by atoms with Crippen molar-refractivity contribution in [3.05, 3.63) is 46.3 Å². The van der Waals surface area contributed by atoms with Crippen LogP contribution in [0.4, 0.5) is 10.7 Å². The van der Waals surface area contributed by atoms with Crippen molar-refractivity contribution in [2.45, 2.75) is 65.0 Å². The highest BCUT2D eigenvalue weighted by Crippen LogP contribution is 2.29. The molecule has 0 aliphatic heterocycles. The topological polar surface area (TPSA) is 70.7 Å². The average Bonchev–Trinajstić information content (AvgIpc) is 3.22. The Morgan fingerprint density at radius 2 is 1.91 bits per heavy atom. The first kappa shape index (κ1) is 24.3. The first-order valence-corrected chi connectivity index (χ1v) is 12.4. The van der Waals surface area contributed by atoms with Gasteiger partial charge in [-0.3, -0.25) is 9.69 Å². The lowest BCUT2D eigenvalue weighted by molar-refractivity contribution is -0.114. The minimum Gasteiger partial charge on any atom is -0.462 e. The number of anilines is 2. The Labute approximate surface area is 195 Å². The second kappa shape index (κ2) is 12.0. The molecule has 0 unspecified atom stereocenters. The van der Waals surface area contributed by atoms with E-state index in [2.05, 4.69) is 28.6 Å². The Morgan fingerprint density at radius 3 is 2.62 bits per heavy atom. The summed E-state index contributed by atoms with van der Waals surface area (Å²) in [6.07, 6.45) is 7.29. The van der Waals surface area contributed by atoms with Gasteiger partial charge in [0.1, 0.15) is 5.00 Å². The number of hydrogen-bond donors (Lipinski definition) is 2. The number of aryl methyl sites for hydroxylation is 1. The van der Waals surface area contributed by atoms with E-state index in [-0.39, 0.29) is 12.5 Å². The van der Waals surface area contributed by atoms with Crippen LogP contribution >= 0.6 is 11.3 Å². The molecular formula is C25H35N3O3S. The zero-order valence-corrected chi connectivity index (χ0v) is 20.2. The fourth-order valence-electron chi connectivity index (χ4n) is 4.17. The van der Waals surface area contributed by atoms with Crippen molar-refractivity contribution in [2.24, 2.45) is 0 Å². The Hall–Kier alpha value is -2.38. The van der Waals surface area contributed by atoms with Gasteiger partial charge in [-0.15, -0.1) is 11.3 Å². The molecule has 3 rings (SSSR count). The minimum atomic E-state index is -0.400. The van der Waals surface area contributed by atoms with Crippen LogP contribution < -0.4 is 10.6 Å². The van der Waals surface area contributed by atoms with Gasteiger partial charge in [0, 0.05) is 23.2 Å². The second-order valence-electron chi connectivity index (χ2n) is 8.30. The summed E-state index contributed by atoms with van der Waals surface area (Å²) in [7, 11) is 2.19. The van der Waals surface area contributed by atoms with E-state index in [1.54, 1.807) is 6.92 Å². The fourth-order valence-corrected chi connectivity index (χ4v) is 5.17. The molecule has 2 aromatic rings. The molecule has 174 valence electrons. The van der Waals surface area contributed by atoms with Crippen LogP contribution in [0.25, 0.3) is 0 Å². The Balaban J connectivity index is 1.61. The molecule has 2 N–H and O–H groups in total. The number of rotatable bonds is 10. The molecule has 1 aliphatic rings. The monoisotopic (exact) mass is 457 g/mol. The number of esters is 1. The van der Waals surface area contributed by atoms with Crippen LogP contribution in [0.5, 0.6) is 0 Å². The van der Waals surface area contributed by atoms with Gasteiger partial charge in [-0.1, -0.05) is 44.4 Å². The van der Waals surface area contributed by atoms with Crippen LogP contribution in [0.3, 0.4) is 0 Å². The number of amides is 1. The molecule has 6 nitrogen and oxygen atoms in total. The van der Waals surface area contributed by atoms with Gasteiger partial charge < -0.3 is 15.4 Å². The molecule has 1 aliphatic carbocycles. The van der Waals surface area contributed by atoms with E-state index in [4.69, 9.17) is 4.74 Å². The number of ether oxygens (including phenoxy) is 1. The number of benzene rings is 1. The summed E-state index contributed by atoms with van der Waals surface area (Å²) in [5.74, 6) is -0.585. The van der Waals surface area contributed by atoms with Gasteiger partial charge in [0.05, 0.1) is 18.7 Å². The largest absolute Gasteiger partial charge is 0.462 e. The number of thiophene rings is 1. The maximum Gasteiger partial charge on any atom is 0.341 e. The normalized spacial score (nSPS) is 14.4. The van der Waals surface area contributed by atoms with Crippen LogP contribution in [0.1, 0.15) is 66.8 Å². The van der Waals surface area contributed by atoms with Crippen LogP contribution in [0, 0.1) is 0 Å². The number of para-hydroxylation sites is 1. The first-order valence-electron chi connectivity index (χ1n) is 11.6. The van der Waals surface area contributed by atoms with E-state index in [0.29, 0.717) is 23.2 Å². The fraction of sp³-hybridized carbons (Fsp3) is 0.520. The molecule has 0 spiro atoms. The number of hydrogen-bond acceptors (Lipinski definition) is 6. The zero-order valence-electron chi connectivity index (χ0n) is 19.4. The standard InChI is InChI=1S/C25H35N3O3S/c1-4-20-15-21(25(30)31-5-2)24(32-20)27-23(29)16-26-22-14-10-9-11-18(22)17-28(3)19-12-7-6-8-13-19/h9-11,14-15,19,26H,4-8,12-13,16-17H2,1-3H3,(H,27,29). The van der Waals surface area contributed by atoms with Crippen molar-refractivity contribution in [3.8, 4) is 0 Å². The van der Waals surface area contributed by atoms with E-state index < -0.39 is 5.97 Å². The number of carbonyl (C=O) groups excluding carboxylic acids is 2. The lowest BCUT2D eigenvalue weighted by Crippen LogP contribution is -2.33. The van der Waals surface area contributed by atoms with Gasteiger partial charge in [-0.25, -0.2) is 4.79 Å².